The van der Waals surface area contributed by atoms with E-state index in [-0.39, 0.29) is 5.69 Å². The number of benzene rings is 1. The van der Waals surface area contributed by atoms with Crippen LogP contribution in [0.4, 0.5) is 0 Å². The Labute approximate surface area is 147 Å². The summed E-state index contributed by atoms with van der Waals surface area (Å²) >= 11 is 1.56. The maximum atomic E-state index is 12.0. The standard InChI is InChI=1S/C17H14N4O3S/c1-24-17(23)12-6-4-11(5-7-12)10-18-21-16(22)14-9-13(19-20-14)15-3-2-8-25-15/h2-10H,1H3,(H,19,20)(H,21,22)/b18-10-. The molecule has 2 heterocycles. The highest BCUT2D eigenvalue weighted by Crippen LogP contribution is 2.22. The molecule has 2 N–H and O–H groups in total. The number of hydrogen-bond acceptors (Lipinski definition) is 6. The Balaban J connectivity index is 1.60. The summed E-state index contributed by atoms with van der Waals surface area (Å²) in [5.41, 5.74) is 4.62. The zero-order valence-electron chi connectivity index (χ0n) is 13.2. The predicted molar refractivity (Wildman–Crippen MR) is 94.7 cm³/mol. The lowest BCUT2D eigenvalue weighted by atomic mass is 10.1. The average Bonchev–Trinajstić information content (AvgIpc) is 3.32. The zero-order chi connectivity index (χ0) is 17.6. The van der Waals surface area contributed by atoms with Gasteiger partial charge in [-0.15, -0.1) is 11.3 Å². The highest BCUT2D eigenvalue weighted by molar-refractivity contribution is 7.13. The topological polar surface area (TPSA) is 96.4 Å². The molecule has 3 aromatic rings. The minimum absolute atomic E-state index is 0.251. The quantitative estimate of drug-likeness (QED) is 0.418. The first kappa shape index (κ1) is 16.6. The van der Waals surface area contributed by atoms with Gasteiger partial charge in [0, 0.05) is 0 Å². The number of thiophene rings is 1. The molecule has 3 rings (SSSR count). The third-order valence-corrected chi connectivity index (χ3v) is 4.21. The van der Waals surface area contributed by atoms with E-state index < -0.39 is 11.9 Å². The van der Waals surface area contributed by atoms with Gasteiger partial charge < -0.3 is 4.74 Å². The van der Waals surface area contributed by atoms with E-state index in [1.54, 1.807) is 41.7 Å². The van der Waals surface area contributed by atoms with E-state index in [4.69, 9.17) is 0 Å². The van der Waals surface area contributed by atoms with Crippen LogP contribution in [0.1, 0.15) is 26.4 Å². The van der Waals surface area contributed by atoms with Crippen molar-refractivity contribution < 1.29 is 14.3 Å². The van der Waals surface area contributed by atoms with Gasteiger partial charge in [-0.2, -0.15) is 10.2 Å². The number of H-pyrrole nitrogens is 1. The van der Waals surface area contributed by atoms with Gasteiger partial charge in [0.15, 0.2) is 5.69 Å². The summed E-state index contributed by atoms with van der Waals surface area (Å²) < 4.78 is 4.63. The molecule has 0 aliphatic carbocycles. The molecule has 7 nitrogen and oxygen atoms in total. The van der Waals surface area contributed by atoms with E-state index in [0.29, 0.717) is 5.56 Å². The molecule has 0 unspecified atom stereocenters. The summed E-state index contributed by atoms with van der Waals surface area (Å²) in [5.74, 6) is -0.821. The van der Waals surface area contributed by atoms with Gasteiger partial charge in [-0.25, -0.2) is 10.2 Å². The summed E-state index contributed by atoms with van der Waals surface area (Å²) in [4.78, 5) is 24.4. The molecule has 0 atom stereocenters. The monoisotopic (exact) mass is 354 g/mol. The second-order valence-electron chi connectivity index (χ2n) is 4.96. The van der Waals surface area contributed by atoms with Crippen molar-refractivity contribution in [2.45, 2.75) is 0 Å². The third kappa shape index (κ3) is 3.99. The second-order valence-corrected chi connectivity index (χ2v) is 5.90. The van der Waals surface area contributed by atoms with Gasteiger partial charge in [0.05, 0.1) is 29.5 Å². The lowest BCUT2D eigenvalue weighted by Gasteiger charge is -1.99. The molecule has 0 spiro atoms. The number of aromatic nitrogens is 2. The molecule has 1 aromatic carbocycles. The van der Waals surface area contributed by atoms with Gasteiger partial charge >= 0.3 is 5.97 Å². The lowest BCUT2D eigenvalue weighted by molar-refractivity contribution is 0.0600. The van der Waals surface area contributed by atoms with Crippen molar-refractivity contribution in [1.29, 1.82) is 0 Å². The molecule has 0 saturated carbocycles. The SMILES string of the molecule is COC(=O)c1ccc(/C=N\NC(=O)c2cc(-c3cccs3)[nH]n2)cc1. The highest BCUT2D eigenvalue weighted by Gasteiger charge is 2.11. The van der Waals surface area contributed by atoms with Gasteiger partial charge in [0.1, 0.15) is 0 Å². The number of nitrogens with one attached hydrogen (secondary N) is 2. The van der Waals surface area contributed by atoms with Gasteiger partial charge in [-0.05, 0) is 35.2 Å². The molecule has 0 fully saturated rings. The summed E-state index contributed by atoms with van der Waals surface area (Å²) in [7, 11) is 1.33. The Morgan fingerprint density at radius 3 is 2.76 bits per heavy atom. The number of aromatic amines is 1. The number of ether oxygens (including phenoxy) is 1. The molecule has 0 saturated heterocycles. The smallest absolute Gasteiger partial charge is 0.337 e. The number of carbonyl (C=O) groups is 2. The Bertz CT molecular complexity index is 898. The fourth-order valence-corrected chi connectivity index (χ4v) is 2.73. The molecule has 25 heavy (non-hydrogen) atoms. The Morgan fingerprint density at radius 1 is 1.28 bits per heavy atom. The van der Waals surface area contributed by atoms with E-state index in [0.717, 1.165) is 16.1 Å². The van der Waals surface area contributed by atoms with Crippen molar-refractivity contribution in [3.05, 3.63) is 64.7 Å². The maximum absolute atomic E-state index is 12.0. The van der Waals surface area contributed by atoms with Crippen LogP contribution in [0.2, 0.25) is 0 Å². The first-order valence-corrected chi connectivity index (χ1v) is 8.16. The normalized spacial score (nSPS) is 10.8. The van der Waals surface area contributed by atoms with E-state index in [1.807, 2.05) is 17.5 Å². The first-order valence-electron chi connectivity index (χ1n) is 7.28. The summed E-state index contributed by atoms with van der Waals surface area (Å²) in [6.07, 6.45) is 1.48. The number of rotatable bonds is 5. The van der Waals surface area contributed by atoms with Crippen molar-refractivity contribution in [2.75, 3.05) is 7.11 Å². The van der Waals surface area contributed by atoms with Crippen LogP contribution in [0.25, 0.3) is 10.6 Å². The fourth-order valence-electron chi connectivity index (χ4n) is 2.04. The molecule has 8 heteroatoms. The van der Waals surface area contributed by atoms with Crippen molar-refractivity contribution in [1.82, 2.24) is 15.6 Å². The van der Waals surface area contributed by atoms with E-state index in [1.165, 1.54) is 13.3 Å². The summed E-state index contributed by atoms with van der Waals surface area (Å²) in [6, 6.07) is 12.2. The largest absolute Gasteiger partial charge is 0.465 e. The Morgan fingerprint density at radius 2 is 2.08 bits per heavy atom. The van der Waals surface area contributed by atoms with Crippen LogP contribution >= 0.6 is 11.3 Å². The Kier molecular flexibility index (Phi) is 5.00. The first-order chi connectivity index (χ1) is 12.2. The third-order valence-electron chi connectivity index (χ3n) is 3.31. The summed E-state index contributed by atoms with van der Waals surface area (Å²) in [5, 5.41) is 12.6. The van der Waals surface area contributed by atoms with Crippen molar-refractivity contribution >= 4 is 29.4 Å². The lowest BCUT2D eigenvalue weighted by Crippen LogP contribution is -2.18. The van der Waals surface area contributed by atoms with E-state index in [2.05, 4.69) is 25.5 Å². The molecule has 126 valence electrons. The van der Waals surface area contributed by atoms with Crippen LogP contribution < -0.4 is 5.43 Å². The molecule has 1 amide bonds. The predicted octanol–water partition coefficient (Wildman–Crippen LogP) is 2.69. The second kappa shape index (κ2) is 7.54. The van der Waals surface area contributed by atoms with Crippen LogP contribution in [0.5, 0.6) is 0 Å². The zero-order valence-corrected chi connectivity index (χ0v) is 14.0. The van der Waals surface area contributed by atoms with E-state index >= 15 is 0 Å². The van der Waals surface area contributed by atoms with Crippen LogP contribution in [0, 0.1) is 0 Å². The molecule has 2 aromatic heterocycles. The number of hydrazone groups is 1. The fraction of sp³-hybridized carbons (Fsp3) is 0.0588. The molecule has 0 radical (unpaired) electrons. The van der Waals surface area contributed by atoms with Gasteiger partial charge in [0.2, 0.25) is 0 Å². The van der Waals surface area contributed by atoms with Gasteiger partial charge in [0.25, 0.3) is 5.91 Å². The van der Waals surface area contributed by atoms with Crippen LogP contribution in [-0.4, -0.2) is 35.4 Å². The van der Waals surface area contributed by atoms with Gasteiger partial charge in [-0.1, -0.05) is 18.2 Å². The number of methoxy groups -OCH3 is 1. The Hall–Kier alpha value is -3.26. The molecule has 0 aliphatic rings. The minimum Gasteiger partial charge on any atom is -0.465 e. The van der Waals surface area contributed by atoms with Crippen LogP contribution in [0.15, 0.2) is 52.9 Å². The van der Waals surface area contributed by atoms with Gasteiger partial charge in [-0.3, -0.25) is 9.89 Å². The molecular formula is C17H14N4O3S. The number of esters is 1. The van der Waals surface area contributed by atoms with E-state index in [9.17, 15) is 9.59 Å². The van der Waals surface area contributed by atoms with Crippen LogP contribution in [0.3, 0.4) is 0 Å². The number of carbonyl (C=O) groups excluding carboxylic acids is 2. The number of amides is 1. The molecule has 0 bridgehead atoms. The average molecular weight is 354 g/mol. The molecular weight excluding hydrogens is 340 g/mol. The number of hydrogen-bond donors (Lipinski definition) is 2. The van der Waals surface area contributed by atoms with Crippen molar-refractivity contribution in [2.24, 2.45) is 5.10 Å². The van der Waals surface area contributed by atoms with Crippen molar-refractivity contribution in [3.8, 4) is 10.6 Å². The highest BCUT2D eigenvalue weighted by atomic mass is 32.1. The summed E-state index contributed by atoms with van der Waals surface area (Å²) in [6.45, 7) is 0. The number of nitrogens with zero attached hydrogens (tertiary/aromatic N) is 2. The molecule has 0 aliphatic heterocycles. The maximum Gasteiger partial charge on any atom is 0.337 e. The minimum atomic E-state index is -0.415. The van der Waals surface area contributed by atoms with Crippen molar-refractivity contribution in [3.63, 3.8) is 0 Å². The van der Waals surface area contributed by atoms with Crippen LogP contribution in [-0.2, 0) is 4.74 Å².